The summed E-state index contributed by atoms with van der Waals surface area (Å²) in [6.45, 7) is 5.24. The van der Waals surface area contributed by atoms with Crippen LogP contribution in [0.2, 0.25) is 0 Å². The summed E-state index contributed by atoms with van der Waals surface area (Å²) in [4.78, 5) is 8.42. The maximum Gasteiger partial charge on any atom is 0.221 e. The fourth-order valence-corrected chi connectivity index (χ4v) is 0.576. The lowest BCUT2D eigenvalue weighted by Crippen LogP contribution is -2.00. The predicted octanol–water partition coefficient (Wildman–Crippen LogP) is 0.809. The molecule has 8 heavy (non-hydrogen) atoms. The Morgan fingerprint density at radius 1 is 2.00 bits per heavy atom. The normalized spacial score (nSPS) is 26.6. The molecule has 0 saturated carbocycles. The highest BCUT2D eigenvalue weighted by atomic mass is 16.7. The molecule has 0 aromatic rings. The molecule has 0 aromatic carbocycles. The molecule has 1 aliphatic rings. The Kier molecular flexibility index (Phi) is 1.28. The van der Waals surface area contributed by atoms with Crippen LogP contribution in [0.3, 0.4) is 0 Å². The summed E-state index contributed by atoms with van der Waals surface area (Å²) in [6, 6.07) is 0. The van der Waals surface area contributed by atoms with Gasteiger partial charge in [0.15, 0.2) is 0 Å². The molecule has 1 heterocycles. The van der Waals surface area contributed by atoms with E-state index in [9.17, 15) is 0 Å². The first-order valence-corrected chi connectivity index (χ1v) is 2.48. The van der Waals surface area contributed by atoms with Gasteiger partial charge in [-0.05, 0) is 13.6 Å². The van der Waals surface area contributed by atoms with E-state index in [1.807, 2.05) is 6.92 Å². The van der Waals surface area contributed by atoms with Crippen molar-refractivity contribution in [3.63, 3.8) is 0 Å². The number of nitrogens with zero attached hydrogens (tertiary/aromatic N) is 2. The van der Waals surface area contributed by atoms with Gasteiger partial charge in [0.1, 0.15) is 0 Å². The highest BCUT2D eigenvalue weighted by molar-refractivity contribution is 5.82. The number of hydrogen-bond acceptors (Lipinski definition) is 3. The Morgan fingerprint density at radius 3 is 3.00 bits per heavy atom. The Labute approximate surface area is 48.1 Å². The second-order valence-corrected chi connectivity index (χ2v) is 1.77. The van der Waals surface area contributed by atoms with Crippen molar-refractivity contribution >= 4 is 12.4 Å². The molecule has 3 nitrogen and oxygen atoms in total. The molecule has 0 radical (unpaired) electrons. The molecule has 1 atom stereocenters. The van der Waals surface area contributed by atoms with Gasteiger partial charge < -0.3 is 4.84 Å². The van der Waals surface area contributed by atoms with Gasteiger partial charge in [-0.25, -0.2) is 0 Å². The second-order valence-electron chi connectivity index (χ2n) is 1.77. The van der Waals surface area contributed by atoms with Crippen molar-refractivity contribution < 1.29 is 4.84 Å². The summed E-state index contributed by atoms with van der Waals surface area (Å²) in [5, 5.41) is 3.67. The van der Waals surface area contributed by atoms with Gasteiger partial charge in [-0.15, -0.1) is 0 Å². The van der Waals surface area contributed by atoms with Gasteiger partial charge in [0.2, 0.25) is 6.23 Å². The zero-order valence-electron chi connectivity index (χ0n) is 4.79. The standard InChI is InChI=1S/C5H8N2O/c1-4-3-5(6-2)8-7-4/h5H,2-3H2,1H3. The van der Waals surface area contributed by atoms with Crippen LogP contribution in [0.15, 0.2) is 10.1 Å². The monoisotopic (exact) mass is 112 g/mol. The van der Waals surface area contributed by atoms with Crippen molar-refractivity contribution in [1.29, 1.82) is 0 Å². The zero-order chi connectivity index (χ0) is 5.98. The molecule has 0 amide bonds. The number of hydrogen-bond donors (Lipinski definition) is 0. The Balaban J connectivity index is 2.43. The number of oxime groups is 1. The minimum atomic E-state index is -0.116. The predicted molar refractivity (Wildman–Crippen MR) is 32.1 cm³/mol. The molecule has 1 aliphatic heterocycles. The van der Waals surface area contributed by atoms with Crippen LogP contribution in [0.25, 0.3) is 0 Å². The van der Waals surface area contributed by atoms with E-state index < -0.39 is 0 Å². The van der Waals surface area contributed by atoms with Crippen LogP contribution < -0.4 is 0 Å². The molecule has 1 rings (SSSR count). The topological polar surface area (TPSA) is 34.0 Å². The fourth-order valence-electron chi connectivity index (χ4n) is 0.576. The van der Waals surface area contributed by atoms with Crippen LogP contribution in [0.1, 0.15) is 13.3 Å². The van der Waals surface area contributed by atoms with Crippen LogP contribution in [-0.4, -0.2) is 18.7 Å². The van der Waals surface area contributed by atoms with Gasteiger partial charge >= 0.3 is 0 Å². The first kappa shape index (κ1) is 5.28. The van der Waals surface area contributed by atoms with Gasteiger partial charge in [-0.2, -0.15) is 0 Å². The van der Waals surface area contributed by atoms with Crippen LogP contribution in [0.4, 0.5) is 0 Å². The van der Waals surface area contributed by atoms with Gasteiger partial charge in [0.25, 0.3) is 0 Å². The van der Waals surface area contributed by atoms with E-state index >= 15 is 0 Å². The molecule has 3 heteroatoms. The zero-order valence-corrected chi connectivity index (χ0v) is 4.79. The summed E-state index contributed by atoms with van der Waals surface area (Å²) in [5.41, 5.74) is 0.988. The average Bonchev–Trinajstić information content (AvgIpc) is 2.14. The van der Waals surface area contributed by atoms with E-state index in [1.54, 1.807) is 0 Å². The lowest BCUT2D eigenvalue weighted by atomic mass is 10.3. The third-order valence-corrected chi connectivity index (χ3v) is 1.00. The quantitative estimate of drug-likeness (QED) is 0.462. The summed E-state index contributed by atoms with van der Waals surface area (Å²) in [6.07, 6.45) is 0.679. The summed E-state index contributed by atoms with van der Waals surface area (Å²) in [7, 11) is 0. The SMILES string of the molecule is C=NC1CC(C)=NO1. The van der Waals surface area contributed by atoms with E-state index in [1.165, 1.54) is 0 Å². The van der Waals surface area contributed by atoms with Gasteiger partial charge in [0, 0.05) is 6.42 Å². The lowest BCUT2D eigenvalue weighted by Gasteiger charge is -1.95. The third kappa shape index (κ3) is 0.857. The lowest BCUT2D eigenvalue weighted by molar-refractivity contribution is 0.0932. The van der Waals surface area contributed by atoms with Crippen molar-refractivity contribution in [3.8, 4) is 0 Å². The Bertz CT molecular complexity index is 130. The molecule has 0 aliphatic carbocycles. The van der Waals surface area contributed by atoms with Crippen molar-refractivity contribution in [2.75, 3.05) is 0 Å². The molecular formula is C5H8N2O. The summed E-state index contributed by atoms with van der Waals surface area (Å²) >= 11 is 0. The van der Waals surface area contributed by atoms with E-state index in [0.29, 0.717) is 0 Å². The summed E-state index contributed by atoms with van der Waals surface area (Å²) in [5.74, 6) is 0. The van der Waals surface area contributed by atoms with Crippen molar-refractivity contribution in [2.24, 2.45) is 10.1 Å². The molecule has 0 bridgehead atoms. The third-order valence-electron chi connectivity index (χ3n) is 1.00. The first-order chi connectivity index (χ1) is 3.83. The van der Waals surface area contributed by atoms with Crippen molar-refractivity contribution in [2.45, 2.75) is 19.6 Å². The first-order valence-electron chi connectivity index (χ1n) is 2.48. The van der Waals surface area contributed by atoms with Crippen LogP contribution in [0.5, 0.6) is 0 Å². The van der Waals surface area contributed by atoms with E-state index in [0.717, 1.165) is 12.1 Å². The molecule has 0 spiro atoms. The average molecular weight is 112 g/mol. The molecule has 0 N–H and O–H groups in total. The summed E-state index contributed by atoms with van der Waals surface area (Å²) < 4.78 is 0. The van der Waals surface area contributed by atoms with E-state index in [-0.39, 0.29) is 6.23 Å². The minimum absolute atomic E-state index is 0.116. The van der Waals surface area contributed by atoms with Gasteiger partial charge in [-0.1, -0.05) is 5.16 Å². The van der Waals surface area contributed by atoms with Crippen LogP contribution in [-0.2, 0) is 4.84 Å². The highest BCUT2D eigenvalue weighted by Gasteiger charge is 2.13. The van der Waals surface area contributed by atoms with E-state index in [4.69, 9.17) is 4.84 Å². The number of rotatable bonds is 1. The molecule has 1 unspecified atom stereocenters. The Morgan fingerprint density at radius 2 is 2.75 bits per heavy atom. The Hall–Kier alpha value is -0.860. The smallest absolute Gasteiger partial charge is 0.221 e. The maximum absolute atomic E-state index is 4.77. The molecule has 0 saturated heterocycles. The van der Waals surface area contributed by atoms with Crippen molar-refractivity contribution in [3.05, 3.63) is 0 Å². The fraction of sp³-hybridized carbons (Fsp3) is 0.600. The molecule has 44 valence electrons. The van der Waals surface area contributed by atoms with Crippen LogP contribution in [0, 0.1) is 0 Å². The highest BCUT2D eigenvalue weighted by Crippen LogP contribution is 2.09. The van der Waals surface area contributed by atoms with E-state index in [2.05, 4.69) is 16.9 Å². The van der Waals surface area contributed by atoms with Gasteiger partial charge in [-0.3, -0.25) is 4.99 Å². The largest absolute Gasteiger partial charge is 0.368 e. The van der Waals surface area contributed by atoms with Crippen LogP contribution >= 0.6 is 0 Å². The molecular weight excluding hydrogens is 104 g/mol. The van der Waals surface area contributed by atoms with Gasteiger partial charge in [0.05, 0.1) is 5.71 Å². The second kappa shape index (κ2) is 1.94. The van der Waals surface area contributed by atoms with Crippen molar-refractivity contribution in [1.82, 2.24) is 0 Å². The molecule has 0 aromatic heterocycles. The number of aliphatic imine (C=N–C) groups is 1. The maximum atomic E-state index is 4.77. The minimum Gasteiger partial charge on any atom is -0.368 e. The molecule has 0 fully saturated rings.